The van der Waals surface area contributed by atoms with Gasteiger partial charge in [-0.2, -0.15) is 0 Å². The molecule has 12 heavy (non-hydrogen) atoms. The Morgan fingerprint density at radius 2 is 2.33 bits per heavy atom. The van der Waals surface area contributed by atoms with Crippen molar-refractivity contribution in [3.63, 3.8) is 0 Å². The van der Waals surface area contributed by atoms with Crippen LogP contribution in [0.3, 0.4) is 0 Å². The SMILES string of the molecule is O=CC1NNC2C=CC(Br)=CC12. The van der Waals surface area contributed by atoms with Crippen LogP contribution in [-0.2, 0) is 4.79 Å². The summed E-state index contributed by atoms with van der Waals surface area (Å²) >= 11 is 3.38. The number of carbonyl (C=O) groups excluding carboxylic acids is 1. The average Bonchev–Trinajstić information content (AvgIpc) is 2.46. The summed E-state index contributed by atoms with van der Waals surface area (Å²) in [6.07, 6.45) is 7.03. The van der Waals surface area contributed by atoms with Crippen LogP contribution in [0.25, 0.3) is 0 Å². The summed E-state index contributed by atoms with van der Waals surface area (Å²) in [5.41, 5.74) is 5.98. The third kappa shape index (κ3) is 1.26. The highest BCUT2D eigenvalue weighted by molar-refractivity contribution is 9.11. The summed E-state index contributed by atoms with van der Waals surface area (Å²) in [4.78, 5) is 10.6. The number of nitrogens with one attached hydrogen (secondary N) is 2. The first kappa shape index (κ1) is 8.16. The van der Waals surface area contributed by atoms with Crippen molar-refractivity contribution in [2.75, 3.05) is 0 Å². The second-order valence-corrected chi connectivity index (χ2v) is 3.88. The van der Waals surface area contributed by atoms with Crippen molar-refractivity contribution >= 4 is 22.2 Å². The number of hydrazine groups is 1. The zero-order valence-electron chi connectivity index (χ0n) is 6.33. The molecule has 3 nitrogen and oxygen atoms in total. The molecular formula is C8H9BrN2O. The second kappa shape index (κ2) is 3.12. The molecule has 1 aliphatic carbocycles. The molecule has 0 spiro atoms. The summed E-state index contributed by atoms with van der Waals surface area (Å²) in [6, 6.07) is 0.147. The smallest absolute Gasteiger partial charge is 0.138 e. The van der Waals surface area contributed by atoms with Crippen molar-refractivity contribution in [1.29, 1.82) is 0 Å². The highest BCUT2D eigenvalue weighted by Crippen LogP contribution is 2.25. The molecule has 0 aromatic carbocycles. The van der Waals surface area contributed by atoms with Gasteiger partial charge in [-0.25, -0.2) is 10.9 Å². The Labute approximate surface area is 79.0 Å². The van der Waals surface area contributed by atoms with Crippen LogP contribution in [0.1, 0.15) is 0 Å². The molecule has 0 radical (unpaired) electrons. The van der Waals surface area contributed by atoms with E-state index in [0.29, 0.717) is 0 Å². The molecule has 1 aliphatic heterocycles. The Balaban J connectivity index is 2.22. The fourth-order valence-corrected chi connectivity index (χ4v) is 2.01. The molecule has 0 aromatic rings. The summed E-state index contributed by atoms with van der Waals surface area (Å²) in [5, 5.41) is 0. The van der Waals surface area contributed by atoms with E-state index in [1.807, 2.05) is 12.2 Å². The molecule has 64 valence electrons. The van der Waals surface area contributed by atoms with Gasteiger partial charge in [-0.3, -0.25) is 0 Å². The predicted molar refractivity (Wildman–Crippen MR) is 49.6 cm³/mol. The van der Waals surface area contributed by atoms with Crippen LogP contribution in [0.15, 0.2) is 22.7 Å². The van der Waals surface area contributed by atoms with Crippen molar-refractivity contribution in [1.82, 2.24) is 10.9 Å². The van der Waals surface area contributed by atoms with Crippen LogP contribution in [0.4, 0.5) is 0 Å². The molecule has 0 bridgehead atoms. The van der Waals surface area contributed by atoms with Gasteiger partial charge in [0.2, 0.25) is 0 Å². The Bertz CT molecular complexity index is 256. The first-order valence-corrected chi connectivity index (χ1v) is 4.62. The lowest BCUT2D eigenvalue weighted by Gasteiger charge is -2.16. The van der Waals surface area contributed by atoms with Gasteiger partial charge in [-0.05, 0) is 0 Å². The van der Waals surface area contributed by atoms with Crippen molar-refractivity contribution in [2.45, 2.75) is 12.1 Å². The number of hydrogen-bond donors (Lipinski definition) is 2. The van der Waals surface area contributed by atoms with Gasteiger partial charge in [-0.15, -0.1) is 0 Å². The Kier molecular flexibility index (Phi) is 2.12. The fraction of sp³-hybridized carbons (Fsp3) is 0.375. The number of carbonyl (C=O) groups is 1. The number of halogens is 1. The maximum Gasteiger partial charge on any atom is 0.138 e. The van der Waals surface area contributed by atoms with E-state index >= 15 is 0 Å². The molecule has 1 saturated heterocycles. The largest absolute Gasteiger partial charge is 0.302 e. The van der Waals surface area contributed by atoms with Crippen molar-refractivity contribution in [3.05, 3.63) is 22.7 Å². The third-order valence-electron chi connectivity index (χ3n) is 2.21. The van der Waals surface area contributed by atoms with Gasteiger partial charge in [0.1, 0.15) is 6.29 Å². The van der Waals surface area contributed by atoms with E-state index < -0.39 is 0 Å². The standard InChI is InChI=1S/C8H9BrN2O/c9-5-1-2-7-6(3-5)8(4-12)11-10-7/h1-4,6-8,10-11H. The van der Waals surface area contributed by atoms with Crippen LogP contribution < -0.4 is 10.9 Å². The Hall–Kier alpha value is -0.450. The molecular weight excluding hydrogens is 220 g/mol. The number of allylic oxidation sites excluding steroid dienone is 2. The highest BCUT2D eigenvalue weighted by Gasteiger charge is 2.33. The molecule has 4 heteroatoms. The zero-order chi connectivity index (χ0) is 8.55. The van der Waals surface area contributed by atoms with E-state index in [0.717, 1.165) is 10.8 Å². The van der Waals surface area contributed by atoms with Crippen molar-refractivity contribution in [2.24, 2.45) is 5.92 Å². The van der Waals surface area contributed by atoms with Gasteiger partial charge >= 0.3 is 0 Å². The minimum atomic E-state index is -0.104. The molecule has 0 saturated carbocycles. The van der Waals surface area contributed by atoms with E-state index in [4.69, 9.17) is 0 Å². The van der Waals surface area contributed by atoms with Gasteiger partial charge in [0.25, 0.3) is 0 Å². The maximum absolute atomic E-state index is 10.6. The van der Waals surface area contributed by atoms with Gasteiger partial charge in [0.05, 0.1) is 6.04 Å². The number of fused-ring (bicyclic) bond motifs is 1. The van der Waals surface area contributed by atoms with Gasteiger partial charge in [-0.1, -0.05) is 34.2 Å². The van der Waals surface area contributed by atoms with Crippen molar-refractivity contribution < 1.29 is 4.79 Å². The minimum absolute atomic E-state index is 0.104. The summed E-state index contributed by atoms with van der Waals surface area (Å²) in [5.74, 6) is 0.238. The van der Waals surface area contributed by atoms with Crippen LogP contribution in [0.2, 0.25) is 0 Å². The Morgan fingerprint density at radius 1 is 1.50 bits per heavy atom. The molecule has 0 amide bonds. The normalized spacial score (nSPS) is 39.1. The Morgan fingerprint density at radius 3 is 3.08 bits per heavy atom. The van der Waals surface area contributed by atoms with E-state index in [1.165, 1.54) is 0 Å². The fourth-order valence-electron chi connectivity index (χ4n) is 1.55. The number of aldehydes is 1. The van der Waals surface area contributed by atoms with Gasteiger partial charge in [0.15, 0.2) is 0 Å². The predicted octanol–water partition coefficient (Wildman–Crippen LogP) is 0.495. The van der Waals surface area contributed by atoms with Gasteiger partial charge < -0.3 is 4.79 Å². The molecule has 3 atom stereocenters. The van der Waals surface area contributed by atoms with Gasteiger partial charge in [0, 0.05) is 16.4 Å². The van der Waals surface area contributed by atoms with Crippen LogP contribution >= 0.6 is 15.9 Å². The lowest BCUT2D eigenvalue weighted by molar-refractivity contribution is -0.109. The van der Waals surface area contributed by atoms with Crippen LogP contribution in [0, 0.1) is 5.92 Å². The highest BCUT2D eigenvalue weighted by atomic mass is 79.9. The second-order valence-electron chi connectivity index (χ2n) is 2.96. The number of rotatable bonds is 1. The molecule has 1 heterocycles. The molecule has 2 N–H and O–H groups in total. The van der Waals surface area contributed by atoms with Crippen molar-refractivity contribution in [3.8, 4) is 0 Å². The van der Waals surface area contributed by atoms with Crippen LogP contribution in [0.5, 0.6) is 0 Å². The van der Waals surface area contributed by atoms with Crippen LogP contribution in [-0.4, -0.2) is 18.4 Å². The maximum atomic E-state index is 10.6. The topological polar surface area (TPSA) is 41.1 Å². The monoisotopic (exact) mass is 228 g/mol. The van der Waals surface area contributed by atoms with E-state index in [1.54, 1.807) is 0 Å². The lowest BCUT2D eigenvalue weighted by Crippen LogP contribution is -2.33. The molecule has 0 aromatic heterocycles. The zero-order valence-corrected chi connectivity index (χ0v) is 7.91. The molecule has 1 fully saturated rings. The first-order valence-electron chi connectivity index (χ1n) is 3.83. The molecule has 3 unspecified atom stereocenters. The minimum Gasteiger partial charge on any atom is -0.302 e. The van der Waals surface area contributed by atoms with E-state index in [9.17, 15) is 4.79 Å². The quantitative estimate of drug-likeness (QED) is 0.643. The third-order valence-corrected chi connectivity index (χ3v) is 2.74. The summed E-state index contributed by atoms with van der Waals surface area (Å²) < 4.78 is 1.04. The average molecular weight is 229 g/mol. The van der Waals surface area contributed by atoms with E-state index in [2.05, 4.69) is 32.9 Å². The summed E-state index contributed by atoms with van der Waals surface area (Å²) in [7, 11) is 0. The molecule has 2 rings (SSSR count). The lowest BCUT2D eigenvalue weighted by atomic mass is 9.92. The summed E-state index contributed by atoms with van der Waals surface area (Å²) in [6.45, 7) is 0. The first-order chi connectivity index (χ1) is 5.81. The van der Waals surface area contributed by atoms with E-state index in [-0.39, 0.29) is 18.0 Å². The molecule has 2 aliphatic rings. The number of hydrogen-bond acceptors (Lipinski definition) is 3.